The average molecular weight is 316 g/mol. The number of hydrogen-bond donors (Lipinski definition) is 1. The standard InChI is InChI=1S/C14H19BrFNO/c1-2-17-14(9-11-4-3-7-18-11)10-5-6-13(16)12(15)8-10/h5-6,8,11,14,17H,2-4,7,9H2,1H3. The fraction of sp³-hybridized carbons (Fsp3) is 0.571. The zero-order valence-electron chi connectivity index (χ0n) is 10.6. The summed E-state index contributed by atoms with van der Waals surface area (Å²) in [4.78, 5) is 0. The van der Waals surface area contributed by atoms with Crippen molar-refractivity contribution in [1.29, 1.82) is 0 Å². The first-order chi connectivity index (χ1) is 8.70. The minimum absolute atomic E-state index is 0.217. The largest absolute Gasteiger partial charge is 0.378 e. The highest BCUT2D eigenvalue weighted by atomic mass is 79.9. The van der Waals surface area contributed by atoms with Crippen molar-refractivity contribution in [1.82, 2.24) is 5.32 Å². The SMILES string of the molecule is CCNC(CC1CCCO1)c1ccc(F)c(Br)c1. The van der Waals surface area contributed by atoms with E-state index in [1.54, 1.807) is 0 Å². The summed E-state index contributed by atoms with van der Waals surface area (Å²) in [5.41, 5.74) is 1.11. The lowest BCUT2D eigenvalue weighted by Gasteiger charge is -2.22. The second-order valence-corrected chi connectivity index (χ2v) is 5.51. The Morgan fingerprint density at radius 2 is 2.39 bits per heavy atom. The summed E-state index contributed by atoms with van der Waals surface area (Å²) in [6.07, 6.45) is 3.56. The van der Waals surface area contributed by atoms with Gasteiger partial charge in [0.1, 0.15) is 5.82 Å². The predicted molar refractivity (Wildman–Crippen MR) is 74.1 cm³/mol. The van der Waals surface area contributed by atoms with E-state index in [0.29, 0.717) is 10.6 Å². The summed E-state index contributed by atoms with van der Waals surface area (Å²) in [6.45, 7) is 3.85. The fourth-order valence-electron chi connectivity index (χ4n) is 2.41. The van der Waals surface area contributed by atoms with Crippen molar-refractivity contribution >= 4 is 15.9 Å². The van der Waals surface area contributed by atoms with Gasteiger partial charge in [0.2, 0.25) is 0 Å². The van der Waals surface area contributed by atoms with Crippen molar-refractivity contribution in [2.45, 2.75) is 38.3 Å². The zero-order valence-corrected chi connectivity index (χ0v) is 12.2. The monoisotopic (exact) mass is 315 g/mol. The normalized spacial score (nSPS) is 21.2. The molecule has 0 amide bonds. The molecule has 1 aromatic rings. The minimum Gasteiger partial charge on any atom is -0.378 e. The van der Waals surface area contributed by atoms with E-state index in [4.69, 9.17) is 4.74 Å². The van der Waals surface area contributed by atoms with Crippen molar-refractivity contribution in [3.05, 3.63) is 34.1 Å². The second kappa shape index (κ2) is 6.64. The van der Waals surface area contributed by atoms with Crippen LogP contribution in [0.2, 0.25) is 0 Å². The quantitative estimate of drug-likeness (QED) is 0.892. The summed E-state index contributed by atoms with van der Waals surface area (Å²) in [5, 5.41) is 3.45. The molecule has 0 spiro atoms. The number of rotatable bonds is 5. The molecule has 1 fully saturated rings. The van der Waals surface area contributed by atoms with E-state index < -0.39 is 0 Å². The molecule has 1 aliphatic heterocycles. The van der Waals surface area contributed by atoms with Crippen LogP contribution < -0.4 is 5.32 Å². The van der Waals surface area contributed by atoms with Crippen molar-refractivity contribution in [2.24, 2.45) is 0 Å². The summed E-state index contributed by atoms with van der Waals surface area (Å²) < 4.78 is 19.5. The van der Waals surface area contributed by atoms with Gasteiger partial charge in [-0.15, -0.1) is 0 Å². The van der Waals surface area contributed by atoms with Gasteiger partial charge in [-0.05, 0) is 59.4 Å². The van der Waals surface area contributed by atoms with E-state index >= 15 is 0 Å². The Morgan fingerprint density at radius 1 is 1.56 bits per heavy atom. The Hall–Kier alpha value is -0.450. The molecule has 0 saturated carbocycles. The molecular weight excluding hydrogens is 297 g/mol. The van der Waals surface area contributed by atoms with Gasteiger partial charge in [0.15, 0.2) is 0 Å². The van der Waals surface area contributed by atoms with E-state index in [0.717, 1.165) is 38.0 Å². The Labute approximate surface area is 116 Å². The molecule has 2 rings (SSSR count). The van der Waals surface area contributed by atoms with Gasteiger partial charge in [-0.3, -0.25) is 0 Å². The van der Waals surface area contributed by atoms with Crippen LogP contribution in [0, 0.1) is 5.82 Å². The highest BCUT2D eigenvalue weighted by Crippen LogP contribution is 2.27. The Balaban J connectivity index is 2.09. The van der Waals surface area contributed by atoms with Gasteiger partial charge in [-0.25, -0.2) is 4.39 Å². The van der Waals surface area contributed by atoms with Crippen LogP contribution >= 0.6 is 15.9 Å². The maximum Gasteiger partial charge on any atom is 0.137 e. The fourth-order valence-corrected chi connectivity index (χ4v) is 2.80. The number of benzene rings is 1. The maximum atomic E-state index is 13.3. The molecule has 0 aliphatic carbocycles. The van der Waals surface area contributed by atoms with Crippen LogP contribution in [0.4, 0.5) is 4.39 Å². The van der Waals surface area contributed by atoms with Crippen molar-refractivity contribution < 1.29 is 9.13 Å². The molecule has 4 heteroatoms. The lowest BCUT2D eigenvalue weighted by Crippen LogP contribution is -2.25. The first kappa shape index (κ1) is 14.0. The minimum atomic E-state index is -0.217. The summed E-state index contributed by atoms with van der Waals surface area (Å²) >= 11 is 3.24. The number of halogens is 2. The lowest BCUT2D eigenvalue weighted by atomic mass is 9.99. The van der Waals surface area contributed by atoms with E-state index in [2.05, 4.69) is 28.2 Å². The van der Waals surface area contributed by atoms with E-state index in [1.165, 1.54) is 6.07 Å². The molecule has 100 valence electrons. The Morgan fingerprint density at radius 3 is 3.00 bits per heavy atom. The molecule has 1 heterocycles. The van der Waals surface area contributed by atoms with Crippen LogP contribution in [0.15, 0.2) is 22.7 Å². The van der Waals surface area contributed by atoms with Crippen LogP contribution in [0.1, 0.15) is 37.8 Å². The number of hydrogen-bond acceptors (Lipinski definition) is 2. The van der Waals surface area contributed by atoms with Gasteiger partial charge in [-0.1, -0.05) is 13.0 Å². The van der Waals surface area contributed by atoms with Crippen molar-refractivity contribution in [3.8, 4) is 0 Å². The molecule has 1 aromatic carbocycles. The Kier molecular flexibility index (Phi) is 5.15. The molecule has 2 atom stereocenters. The molecule has 0 aromatic heterocycles. The first-order valence-electron chi connectivity index (χ1n) is 6.50. The van der Waals surface area contributed by atoms with Crippen LogP contribution in [-0.4, -0.2) is 19.3 Å². The third-order valence-corrected chi connectivity index (χ3v) is 3.93. The smallest absolute Gasteiger partial charge is 0.137 e. The van der Waals surface area contributed by atoms with Crippen molar-refractivity contribution in [2.75, 3.05) is 13.2 Å². The highest BCUT2D eigenvalue weighted by Gasteiger charge is 2.21. The van der Waals surface area contributed by atoms with Gasteiger partial charge in [0, 0.05) is 12.6 Å². The van der Waals surface area contributed by atoms with Gasteiger partial charge >= 0.3 is 0 Å². The molecule has 1 N–H and O–H groups in total. The Bertz CT molecular complexity index is 393. The molecule has 1 aliphatic rings. The second-order valence-electron chi connectivity index (χ2n) is 4.65. The van der Waals surface area contributed by atoms with E-state index in [1.807, 2.05) is 12.1 Å². The van der Waals surface area contributed by atoms with Crippen LogP contribution in [0.3, 0.4) is 0 Å². The average Bonchev–Trinajstić information content (AvgIpc) is 2.85. The third-order valence-electron chi connectivity index (χ3n) is 3.32. The molecule has 2 unspecified atom stereocenters. The topological polar surface area (TPSA) is 21.3 Å². The third kappa shape index (κ3) is 3.53. The number of nitrogens with one attached hydrogen (secondary N) is 1. The molecular formula is C14H19BrFNO. The first-order valence-corrected chi connectivity index (χ1v) is 7.30. The molecule has 0 bridgehead atoms. The van der Waals surface area contributed by atoms with E-state index in [9.17, 15) is 4.39 Å². The molecule has 1 saturated heterocycles. The number of ether oxygens (including phenoxy) is 1. The summed E-state index contributed by atoms with van der Waals surface area (Å²) in [6, 6.07) is 5.45. The van der Waals surface area contributed by atoms with Crippen LogP contribution in [-0.2, 0) is 4.74 Å². The van der Waals surface area contributed by atoms with Crippen LogP contribution in [0.25, 0.3) is 0 Å². The summed E-state index contributed by atoms with van der Waals surface area (Å²) in [7, 11) is 0. The molecule has 0 radical (unpaired) electrons. The van der Waals surface area contributed by atoms with Gasteiger partial charge < -0.3 is 10.1 Å². The lowest BCUT2D eigenvalue weighted by molar-refractivity contribution is 0.0947. The van der Waals surface area contributed by atoms with Gasteiger partial charge in [0.05, 0.1) is 10.6 Å². The maximum absolute atomic E-state index is 13.3. The summed E-state index contributed by atoms with van der Waals surface area (Å²) in [5.74, 6) is -0.217. The van der Waals surface area contributed by atoms with Crippen LogP contribution in [0.5, 0.6) is 0 Å². The van der Waals surface area contributed by atoms with E-state index in [-0.39, 0.29) is 11.9 Å². The van der Waals surface area contributed by atoms with Crippen molar-refractivity contribution in [3.63, 3.8) is 0 Å². The zero-order chi connectivity index (χ0) is 13.0. The predicted octanol–water partition coefficient (Wildman–Crippen LogP) is 3.81. The molecule has 2 nitrogen and oxygen atoms in total. The highest BCUT2D eigenvalue weighted by molar-refractivity contribution is 9.10. The van der Waals surface area contributed by atoms with Gasteiger partial charge in [0.25, 0.3) is 0 Å². The molecule has 18 heavy (non-hydrogen) atoms. The van der Waals surface area contributed by atoms with Gasteiger partial charge in [-0.2, -0.15) is 0 Å².